The molecule has 5 nitrogen and oxygen atoms in total. The third kappa shape index (κ3) is 1.63. The molecular formula is C8H12N4O. The van der Waals surface area contributed by atoms with E-state index in [1.54, 1.807) is 16.9 Å². The number of carbonyl (C=O) groups excluding carboxylic acids is 1. The summed E-state index contributed by atoms with van der Waals surface area (Å²) in [5.41, 5.74) is 5.46. The molecule has 1 fully saturated rings. The molecule has 0 saturated carbocycles. The summed E-state index contributed by atoms with van der Waals surface area (Å²) in [6, 6.07) is 1.73. The number of hydrogen-bond donors (Lipinski definition) is 2. The van der Waals surface area contributed by atoms with Gasteiger partial charge in [-0.15, -0.1) is 0 Å². The minimum Gasteiger partial charge on any atom is -0.382 e. The summed E-state index contributed by atoms with van der Waals surface area (Å²) in [4.78, 5) is 11.2. The molecule has 0 aromatic carbocycles. The Balaban J connectivity index is 2.01. The van der Waals surface area contributed by atoms with Crippen molar-refractivity contribution in [2.24, 2.45) is 5.92 Å². The standard InChI is InChI=1S/C8H12N4O/c9-7-2-4-12(11-7)5-6-1-3-10-8(6)13/h2,4,6H,1,3,5H2,(H2,9,11)(H,10,13). The molecule has 2 rings (SSSR count). The molecule has 1 aromatic heterocycles. The molecule has 1 aromatic rings. The monoisotopic (exact) mass is 180 g/mol. The van der Waals surface area contributed by atoms with Gasteiger partial charge in [0, 0.05) is 12.7 Å². The van der Waals surface area contributed by atoms with Crippen LogP contribution in [0.15, 0.2) is 12.3 Å². The zero-order chi connectivity index (χ0) is 9.26. The highest BCUT2D eigenvalue weighted by molar-refractivity contribution is 5.80. The summed E-state index contributed by atoms with van der Waals surface area (Å²) >= 11 is 0. The summed E-state index contributed by atoms with van der Waals surface area (Å²) in [6.45, 7) is 1.41. The Morgan fingerprint density at radius 3 is 3.15 bits per heavy atom. The molecule has 1 aliphatic rings. The quantitative estimate of drug-likeness (QED) is 0.650. The predicted octanol–water partition coefficient (Wildman–Crippen LogP) is -0.399. The van der Waals surface area contributed by atoms with Crippen molar-refractivity contribution >= 4 is 11.7 Å². The maximum Gasteiger partial charge on any atom is 0.225 e. The minimum absolute atomic E-state index is 0.0549. The average Bonchev–Trinajstić information content (AvgIpc) is 2.64. The first-order chi connectivity index (χ1) is 6.25. The van der Waals surface area contributed by atoms with Crippen LogP contribution in [0.2, 0.25) is 0 Å². The van der Waals surface area contributed by atoms with Gasteiger partial charge < -0.3 is 11.1 Å². The van der Waals surface area contributed by atoms with E-state index in [0.29, 0.717) is 12.4 Å². The van der Waals surface area contributed by atoms with Crippen molar-refractivity contribution in [1.29, 1.82) is 0 Å². The number of rotatable bonds is 2. The van der Waals surface area contributed by atoms with Crippen LogP contribution in [0.4, 0.5) is 5.82 Å². The molecule has 70 valence electrons. The van der Waals surface area contributed by atoms with E-state index in [2.05, 4.69) is 10.4 Å². The number of nitrogen functional groups attached to an aromatic ring is 1. The van der Waals surface area contributed by atoms with Crippen LogP contribution >= 0.6 is 0 Å². The highest BCUT2D eigenvalue weighted by Crippen LogP contribution is 2.11. The third-order valence-electron chi connectivity index (χ3n) is 2.23. The number of anilines is 1. The fourth-order valence-electron chi connectivity index (χ4n) is 1.52. The maximum absolute atomic E-state index is 11.2. The van der Waals surface area contributed by atoms with Crippen LogP contribution in [-0.4, -0.2) is 22.2 Å². The maximum atomic E-state index is 11.2. The van der Waals surface area contributed by atoms with Crippen molar-refractivity contribution in [3.8, 4) is 0 Å². The van der Waals surface area contributed by atoms with E-state index in [1.165, 1.54) is 0 Å². The van der Waals surface area contributed by atoms with Gasteiger partial charge >= 0.3 is 0 Å². The normalized spacial score (nSPS) is 21.8. The molecular weight excluding hydrogens is 168 g/mol. The van der Waals surface area contributed by atoms with Crippen LogP contribution in [0, 0.1) is 5.92 Å². The Morgan fingerprint density at radius 1 is 1.77 bits per heavy atom. The van der Waals surface area contributed by atoms with Gasteiger partial charge in [0.1, 0.15) is 5.82 Å². The molecule has 1 saturated heterocycles. The van der Waals surface area contributed by atoms with Gasteiger partial charge in [-0.25, -0.2) is 0 Å². The molecule has 2 heterocycles. The Morgan fingerprint density at radius 2 is 2.62 bits per heavy atom. The number of aromatic nitrogens is 2. The molecule has 1 unspecified atom stereocenters. The summed E-state index contributed by atoms with van der Waals surface area (Å²) in [5.74, 6) is 0.673. The van der Waals surface area contributed by atoms with Crippen molar-refractivity contribution in [2.75, 3.05) is 12.3 Å². The van der Waals surface area contributed by atoms with Crippen LogP contribution in [-0.2, 0) is 11.3 Å². The molecule has 1 amide bonds. The van der Waals surface area contributed by atoms with E-state index in [-0.39, 0.29) is 11.8 Å². The molecule has 3 N–H and O–H groups in total. The minimum atomic E-state index is 0.0549. The van der Waals surface area contributed by atoms with Crippen LogP contribution in [0.25, 0.3) is 0 Å². The Hall–Kier alpha value is -1.52. The Bertz CT molecular complexity index is 320. The molecule has 0 spiro atoms. The number of nitrogens with one attached hydrogen (secondary N) is 1. The lowest BCUT2D eigenvalue weighted by Gasteiger charge is -2.05. The molecule has 5 heteroatoms. The summed E-state index contributed by atoms with van der Waals surface area (Å²) in [5, 5.41) is 6.81. The largest absolute Gasteiger partial charge is 0.382 e. The second kappa shape index (κ2) is 3.08. The van der Waals surface area contributed by atoms with E-state index in [9.17, 15) is 4.79 Å². The van der Waals surface area contributed by atoms with Gasteiger partial charge in [-0.2, -0.15) is 5.10 Å². The predicted molar refractivity (Wildman–Crippen MR) is 47.8 cm³/mol. The lowest BCUT2D eigenvalue weighted by atomic mass is 10.1. The Labute approximate surface area is 75.9 Å². The number of nitrogens with two attached hydrogens (primary N) is 1. The number of amides is 1. The lowest BCUT2D eigenvalue weighted by Crippen LogP contribution is -2.22. The lowest BCUT2D eigenvalue weighted by molar-refractivity contribution is -0.122. The summed E-state index contributed by atoms with van der Waals surface area (Å²) in [6.07, 6.45) is 2.68. The van der Waals surface area contributed by atoms with Crippen LogP contribution in [0.5, 0.6) is 0 Å². The molecule has 0 radical (unpaired) electrons. The number of carbonyl (C=O) groups is 1. The van der Waals surface area contributed by atoms with Crippen LogP contribution < -0.4 is 11.1 Å². The van der Waals surface area contributed by atoms with E-state index >= 15 is 0 Å². The summed E-state index contributed by atoms with van der Waals surface area (Å²) in [7, 11) is 0. The zero-order valence-electron chi connectivity index (χ0n) is 7.23. The highest BCUT2D eigenvalue weighted by atomic mass is 16.2. The highest BCUT2D eigenvalue weighted by Gasteiger charge is 2.24. The van der Waals surface area contributed by atoms with Gasteiger partial charge in [0.15, 0.2) is 0 Å². The van der Waals surface area contributed by atoms with Gasteiger partial charge in [-0.05, 0) is 12.5 Å². The van der Waals surface area contributed by atoms with Gasteiger partial charge in [0.05, 0.1) is 12.5 Å². The molecule has 1 atom stereocenters. The van der Waals surface area contributed by atoms with Crippen molar-refractivity contribution in [2.45, 2.75) is 13.0 Å². The topological polar surface area (TPSA) is 72.9 Å². The SMILES string of the molecule is Nc1ccn(CC2CCNC2=O)n1. The van der Waals surface area contributed by atoms with Gasteiger partial charge in [-0.1, -0.05) is 0 Å². The van der Waals surface area contributed by atoms with Crippen molar-refractivity contribution < 1.29 is 4.79 Å². The van der Waals surface area contributed by atoms with Crippen LogP contribution in [0.1, 0.15) is 6.42 Å². The van der Waals surface area contributed by atoms with Gasteiger partial charge in [0.2, 0.25) is 5.91 Å². The van der Waals surface area contributed by atoms with Crippen molar-refractivity contribution in [1.82, 2.24) is 15.1 Å². The molecule has 13 heavy (non-hydrogen) atoms. The first-order valence-electron chi connectivity index (χ1n) is 4.32. The number of nitrogens with zero attached hydrogens (tertiary/aromatic N) is 2. The van der Waals surface area contributed by atoms with E-state index in [0.717, 1.165) is 13.0 Å². The third-order valence-corrected chi connectivity index (χ3v) is 2.23. The van der Waals surface area contributed by atoms with E-state index < -0.39 is 0 Å². The fraction of sp³-hybridized carbons (Fsp3) is 0.500. The molecule has 0 aliphatic carbocycles. The van der Waals surface area contributed by atoms with Crippen molar-refractivity contribution in [3.63, 3.8) is 0 Å². The van der Waals surface area contributed by atoms with E-state index in [4.69, 9.17) is 5.73 Å². The van der Waals surface area contributed by atoms with Crippen LogP contribution in [0.3, 0.4) is 0 Å². The zero-order valence-corrected chi connectivity index (χ0v) is 7.23. The molecule has 0 bridgehead atoms. The fourth-order valence-corrected chi connectivity index (χ4v) is 1.52. The first-order valence-corrected chi connectivity index (χ1v) is 4.32. The Kier molecular flexibility index (Phi) is 1.92. The van der Waals surface area contributed by atoms with Gasteiger partial charge in [-0.3, -0.25) is 9.48 Å². The van der Waals surface area contributed by atoms with Gasteiger partial charge in [0.25, 0.3) is 0 Å². The first kappa shape index (κ1) is 8.10. The average molecular weight is 180 g/mol. The molecule has 1 aliphatic heterocycles. The van der Waals surface area contributed by atoms with Crippen molar-refractivity contribution in [3.05, 3.63) is 12.3 Å². The smallest absolute Gasteiger partial charge is 0.225 e. The summed E-state index contributed by atoms with van der Waals surface area (Å²) < 4.78 is 1.71. The second-order valence-electron chi connectivity index (χ2n) is 3.24. The number of hydrogen-bond acceptors (Lipinski definition) is 3. The second-order valence-corrected chi connectivity index (χ2v) is 3.24. The van der Waals surface area contributed by atoms with E-state index in [1.807, 2.05) is 0 Å².